The number of azo groups is 1. The third-order valence-corrected chi connectivity index (χ3v) is 2.51. The maximum absolute atomic E-state index is 11.5. The molecule has 0 radical (unpaired) electrons. The summed E-state index contributed by atoms with van der Waals surface area (Å²) in [6, 6.07) is 3.58. The van der Waals surface area contributed by atoms with Crippen LogP contribution in [0.5, 0.6) is 0 Å². The highest BCUT2D eigenvalue weighted by Crippen LogP contribution is 2.29. The monoisotopic (exact) mass is 313 g/mol. The highest BCUT2D eigenvalue weighted by Gasteiger charge is 2.15. The molecule has 0 atom stereocenters. The number of nitrogens with zero attached hydrogens (tertiary/aromatic N) is 3. The lowest BCUT2D eigenvalue weighted by atomic mass is 10.3. The van der Waals surface area contributed by atoms with Crippen molar-refractivity contribution in [2.24, 2.45) is 10.2 Å². The Morgan fingerprint density at radius 3 is 2.67 bits per heavy atom. The van der Waals surface area contributed by atoms with Crippen LogP contribution in [0.1, 0.15) is 13.8 Å². The van der Waals surface area contributed by atoms with E-state index in [4.69, 9.17) is 16.3 Å². The predicted molar refractivity (Wildman–Crippen MR) is 74.6 cm³/mol. The van der Waals surface area contributed by atoms with Crippen LogP contribution in [0.2, 0.25) is 5.02 Å². The number of aliphatic hydroxyl groups excluding tert-OH is 1. The maximum Gasteiger partial charge on any atom is 0.362 e. The first kappa shape index (κ1) is 16.6. The standard InChI is InChI=1S/C12H12ClN3O5/c1-3-21-12(18)11(7(2)17)15-14-10-5-4-8(16(19)20)6-9(10)13/h4-6,17H,3H2,1-2H3/b11-7+,15-14?. The fraction of sp³-hybridized carbons (Fsp3) is 0.250. The average molecular weight is 314 g/mol. The molecule has 0 fully saturated rings. The molecule has 0 aromatic heterocycles. The number of halogens is 1. The van der Waals surface area contributed by atoms with Crippen molar-refractivity contribution in [2.45, 2.75) is 13.8 Å². The Labute approximate surface area is 124 Å². The first-order chi connectivity index (χ1) is 9.86. The Morgan fingerprint density at radius 2 is 2.19 bits per heavy atom. The molecule has 9 heteroatoms. The van der Waals surface area contributed by atoms with Crippen molar-refractivity contribution in [1.82, 2.24) is 0 Å². The van der Waals surface area contributed by atoms with Gasteiger partial charge in [-0.2, -0.15) is 0 Å². The second kappa shape index (κ2) is 7.34. The van der Waals surface area contributed by atoms with Crippen LogP contribution in [0, 0.1) is 10.1 Å². The van der Waals surface area contributed by atoms with Crippen molar-refractivity contribution in [1.29, 1.82) is 0 Å². The van der Waals surface area contributed by atoms with Crippen molar-refractivity contribution in [2.75, 3.05) is 6.61 Å². The molecule has 1 rings (SSSR count). The molecule has 0 aliphatic rings. The van der Waals surface area contributed by atoms with Gasteiger partial charge in [0.1, 0.15) is 11.4 Å². The van der Waals surface area contributed by atoms with E-state index in [-0.39, 0.29) is 34.5 Å². The molecule has 0 unspecified atom stereocenters. The third kappa shape index (κ3) is 4.53. The Kier molecular flexibility index (Phi) is 5.79. The summed E-state index contributed by atoms with van der Waals surface area (Å²) in [4.78, 5) is 21.5. The summed E-state index contributed by atoms with van der Waals surface area (Å²) >= 11 is 5.82. The molecular weight excluding hydrogens is 302 g/mol. The minimum absolute atomic E-state index is 0.00764. The number of rotatable bonds is 5. The number of aliphatic hydroxyl groups is 1. The van der Waals surface area contributed by atoms with Gasteiger partial charge in [-0.05, 0) is 19.9 Å². The Morgan fingerprint density at radius 1 is 1.52 bits per heavy atom. The summed E-state index contributed by atoms with van der Waals surface area (Å²) in [7, 11) is 0. The van der Waals surface area contributed by atoms with Gasteiger partial charge in [0.2, 0.25) is 5.70 Å². The summed E-state index contributed by atoms with van der Waals surface area (Å²) in [5.41, 5.74) is -0.449. The van der Waals surface area contributed by atoms with E-state index in [9.17, 15) is 20.0 Å². The number of esters is 1. The number of allylic oxidation sites excluding steroid dienone is 1. The van der Waals surface area contributed by atoms with Crippen LogP contribution in [-0.2, 0) is 9.53 Å². The summed E-state index contributed by atoms with van der Waals surface area (Å²) < 4.78 is 4.70. The van der Waals surface area contributed by atoms with E-state index in [2.05, 4.69) is 10.2 Å². The zero-order chi connectivity index (χ0) is 16.0. The van der Waals surface area contributed by atoms with E-state index in [1.807, 2.05) is 0 Å². The summed E-state index contributed by atoms with van der Waals surface area (Å²) in [5, 5.41) is 27.2. The molecule has 0 saturated carbocycles. The van der Waals surface area contributed by atoms with E-state index in [1.165, 1.54) is 19.1 Å². The van der Waals surface area contributed by atoms with E-state index >= 15 is 0 Å². The lowest BCUT2D eigenvalue weighted by molar-refractivity contribution is -0.384. The Hall–Kier alpha value is -2.48. The van der Waals surface area contributed by atoms with Crippen molar-refractivity contribution in [3.05, 3.63) is 44.8 Å². The van der Waals surface area contributed by atoms with Crippen molar-refractivity contribution in [3.63, 3.8) is 0 Å². The van der Waals surface area contributed by atoms with Gasteiger partial charge >= 0.3 is 5.97 Å². The van der Waals surface area contributed by atoms with E-state index in [1.54, 1.807) is 6.92 Å². The van der Waals surface area contributed by atoms with E-state index in [0.717, 1.165) is 6.07 Å². The smallest absolute Gasteiger partial charge is 0.362 e. The SMILES string of the molecule is CCOC(=O)/C(N=Nc1ccc([N+](=O)[O-])cc1Cl)=C(/C)O. The number of carbonyl (C=O) groups is 1. The van der Waals surface area contributed by atoms with Crippen LogP contribution in [0.15, 0.2) is 39.9 Å². The van der Waals surface area contributed by atoms with Crippen molar-refractivity contribution < 1.29 is 19.6 Å². The van der Waals surface area contributed by atoms with Crippen LogP contribution in [0.3, 0.4) is 0 Å². The van der Waals surface area contributed by atoms with Crippen LogP contribution < -0.4 is 0 Å². The highest BCUT2D eigenvalue weighted by molar-refractivity contribution is 6.33. The van der Waals surface area contributed by atoms with Gasteiger partial charge in [0.15, 0.2) is 0 Å². The molecule has 0 spiro atoms. The minimum atomic E-state index is -0.834. The van der Waals surface area contributed by atoms with Gasteiger partial charge in [-0.15, -0.1) is 10.2 Å². The van der Waals surface area contributed by atoms with Crippen LogP contribution in [0.4, 0.5) is 11.4 Å². The molecule has 1 aromatic rings. The van der Waals surface area contributed by atoms with Crippen LogP contribution >= 0.6 is 11.6 Å². The molecule has 0 aliphatic carbocycles. The van der Waals surface area contributed by atoms with Gasteiger partial charge < -0.3 is 9.84 Å². The average Bonchev–Trinajstić information content (AvgIpc) is 2.40. The number of benzene rings is 1. The molecule has 0 bridgehead atoms. The zero-order valence-electron chi connectivity index (χ0n) is 11.2. The third-order valence-electron chi connectivity index (χ3n) is 2.21. The first-order valence-corrected chi connectivity index (χ1v) is 6.17. The second-order valence-electron chi connectivity index (χ2n) is 3.75. The summed E-state index contributed by atoms with van der Waals surface area (Å²) in [6.45, 7) is 2.97. The Balaban J connectivity index is 3.06. The number of non-ortho nitro benzene ring substituents is 1. The number of nitro groups is 1. The number of hydrogen-bond acceptors (Lipinski definition) is 7. The van der Waals surface area contributed by atoms with E-state index < -0.39 is 10.9 Å². The molecular formula is C12H12ClN3O5. The fourth-order valence-corrected chi connectivity index (χ4v) is 1.47. The molecule has 21 heavy (non-hydrogen) atoms. The van der Waals surface area contributed by atoms with Crippen molar-refractivity contribution in [3.8, 4) is 0 Å². The lowest BCUT2D eigenvalue weighted by Gasteiger charge is -2.02. The largest absolute Gasteiger partial charge is 0.510 e. The number of nitro benzene ring substituents is 1. The quantitative estimate of drug-likeness (QED) is 0.222. The van der Waals surface area contributed by atoms with Gasteiger partial charge in [0.05, 0.1) is 16.6 Å². The first-order valence-electron chi connectivity index (χ1n) is 5.79. The number of hydrogen-bond donors (Lipinski definition) is 1. The second-order valence-corrected chi connectivity index (χ2v) is 4.15. The normalized spacial score (nSPS) is 12.1. The molecule has 1 aromatic carbocycles. The molecule has 8 nitrogen and oxygen atoms in total. The van der Waals surface area contributed by atoms with Gasteiger partial charge in [-0.1, -0.05) is 11.6 Å². The zero-order valence-corrected chi connectivity index (χ0v) is 12.0. The number of ether oxygens (including phenoxy) is 1. The molecule has 0 aliphatic heterocycles. The topological polar surface area (TPSA) is 114 Å². The van der Waals surface area contributed by atoms with Crippen LogP contribution in [0.25, 0.3) is 0 Å². The molecule has 0 saturated heterocycles. The lowest BCUT2D eigenvalue weighted by Crippen LogP contribution is -2.07. The van der Waals surface area contributed by atoms with Gasteiger partial charge in [0, 0.05) is 12.1 Å². The Bertz CT molecular complexity index is 623. The molecule has 1 N–H and O–H groups in total. The van der Waals surface area contributed by atoms with Gasteiger partial charge in [-0.25, -0.2) is 4.79 Å². The summed E-state index contributed by atoms with van der Waals surface area (Å²) in [6.07, 6.45) is 0. The predicted octanol–water partition coefficient (Wildman–Crippen LogP) is 3.68. The maximum atomic E-state index is 11.5. The molecule has 0 amide bonds. The fourth-order valence-electron chi connectivity index (χ4n) is 1.25. The van der Waals surface area contributed by atoms with Gasteiger partial charge in [-0.3, -0.25) is 10.1 Å². The van der Waals surface area contributed by atoms with Crippen molar-refractivity contribution >= 4 is 28.9 Å². The highest BCUT2D eigenvalue weighted by atomic mass is 35.5. The van der Waals surface area contributed by atoms with E-state index in [0.29, 0.717) is 0 Å². The molecule has 0 heterocycles. The number of carbonyl (C=O) groups excluding carboxylic acids is 1. The molecule has 112 valence electrons. The minimum Gasteiger partial charge on any atom is -0.510 e. The summed E-state index contributed by atoms with van der Waals surface area (Å²) in [5.74, 6) is -1.20. The van der Waals surface area contributed by atoms with Crippen LogP contribution in [-0.4, -0.2) is 22.6 Å². The van der Waals surface area contributed by atoms with Gasteiger partial charge in [0.25, 0.3) is 5.69 Å².